The van der Waals surface area contributed by atoms with Crippen molar-refractivity contribution in [2.75, 3.05) is 33.2 Å². The van der Waals surface area contributed by atoms with Crippen molar-refractivity contribution in [1.29, 1.82) is 0 Å². The largest absolute Gasteiger partial charge is 0.303 e. The Morgan fingerprint density at radius 3 is 2.57 bits per heavy atom. The van der Waals surface area contributed by atoms with E-state index in [1.807, 2.05) is 36.0 Å². The topological polar surface area (TPSA) is 36.7 Å². The maximum absolute atomic E-state index is 6.50. The minimum absolute atomic E-state index is 0.643. The highest BCUT2D eigenvalue weighted by Crippen LogP contribution is 2.19. The van der Waals surface area contributed by atoms with Gasteiger partial charge in [0, 0.05) is 26.2 Å². The number of nitrogens with zero attached hydrogens (tertiary/aromatic N) is 5. The number of rotatable bonds is 4. The van der Waals surface area contributed by atoms with Gasteiger partial charge in [-0.25, -0.2) is 4.68 Å². The summed E-state index contributed by atoms with van der Waals surface area (Å²) in [4.78, 5) is 2.31. The van der Waals surface area contributed by atoms with Crippen LogP contribution in [-0.4, -0.2) is 59.1 Å². The first-order valence-electron chi connectivity index (χ1n) is 7.88. The van der Waals surface area contributed by atoms with Crippen LogP contribution in [0.2, 0.25) is 5.15 Å². The Morgan fingerprint density at radius 1 is 1.17 bits per heavy atom. The standard InChI is InChI=1S/C17H22ClN5/c1-14-16(12-19-22-10-8-21(2)9-11-22)17(18)23(20-14)13-15-6-4-3-5-7-15/h3-7,12H,8-11,13H2,1-2H3/b19-12+. The number of aryl methyl sites for hydroxylation is 1. The van der Waals surface area contributed by atoms with E-state index < -0.39 is 0 Å². The fourth-order valence-corrected chi connectivity index (χ4v) is 2.91. The summed E-state index contributed by atoms with van der Waals surface area (Å²) in [5, 5.41) is 11.9. The molecule has 6 heteroatoms. The summed E-state index contributed by atoms with van der Waals surface area (Å²) >= 11 is 6.50. The molecule has 0 atom stereocenters. The summed E-state index contributed by atoms with van der Waals surface area (Å²) in [6.45, 7) is 6.61. The lowest BCUT2D eigenvalue weighted by Gasteiger charge is -2.30. The van der Waals surface area contributed by atoms with E-state index in [0.717, 1.165) is 37.4 Å². The monoisotopic (exact) mass is 331 g/mol. The fourth-order valence-electron chi connectivity index (χ4n) is 2.63. The van der Waals surface area contributed by atoms with E-state index in [2.05, 4.69) is 39.3 Å². The Hall–Kier alpha value is -1.85. The maximum Gasteiger partial charge on any atom is 0.136 e. The molecule has 0 N–H and O–H groups in total. The van der Waals surface area contributed by atoms with Crippen LogP contribution < -0.4 is 0 Å². The number of hydrazone groups is 1. The molecule has 0 aliphatic carbocycles. The highest BCUT2D eigenvalue weighted by Gasteiger charge is 2.14. The maximum atomic E-state index is 6.50. The molecule has 0 bridgehead atoms. The fraction of sp³-hybridized carbons (Fsp3) is 0.412. The van der Waals surface area contributed by atoms with Gasteiger partial charge in [0.25, 0.3) is 0 Å². The average Bonchev–Trinajstić information content (AvgIpc) is 2.82. The van der Waals surface area contributed by atoms with Gasteiger partial charge in [0.05, 0.1) is 24.0 Å². The molecule has 0 amide bonds. The number of likely N-dealkylation sites (N-methyl/N-ethyl adjacent to an activating group) is 1. The number of aromatic nitrogens is 2. The van der Waals surface area contributed by atoms with Crippen LogP contribution in [0, 0.1) is 6.92 Å². The van der Waals surface area contributed by atoms with E-state index in [-0.39, 0.29) is 0 Å². The summed E-state index contributed by atoms with van der Waals surface area (Å²) < 4.78 is 1.83. The van der Waals surface area contributed by atoms with Gasteiger partial charge >= 0.3 is 0 Å². The molecule has 1 aliphatic rings. The molecular formula is C17H22ClN5. The Balaban J connectivity index is 1.73. The third-order valence-electron chi connectivity index (χ3n) is 4.11. The number of piperazine rings is 1. The second-order valence-corrected chi connectivity index (χ2v) is 6.29. The van der Waals surface area contributed by atoms with E-state index in [4.69, 9.17) is 11.6 Å². The summed E-state index contributed by atoms with van der Waals surface area (Å²) in [6, 6.07) is 10.2. The Kier molecular flexibility index (Phi) is 4.98. The Bertz CT molecular complexity index is 672. The van der Waals surface area contributed by atoms with E-state index >= 15 is 0 Å². The van der Waals surface area contributed by atoms with E-state index in [9.17, 15) is 0 Å². The number of halogens is 1. The minimum Gasteiger partial charge on any atom is -0.303 e. The van der Waals surface area contributed by atoms with Crippen LogP contribution >= 0.6 is 11.6 Å². The molecule has 0 radical (unpaired) electrons. The molecule has 2 aromatic rings. The second kappa shape index (κ2) is 7.15. The zero-order chi connectivity index (χ0) is 16.2. The van der Waals surface area contributed by atoms with E-state index in [0.29, 0.717) is 11.7 Å². The van der Waals surface area contributed by atoms with Gasteiger partial charge in [0.1, 0.15) is 5.15 Å². The van der Waals surface area contributed by atoms with Crippen LogP contribution in [0.25, 0.3) is 0 Å². The molecule has 0 saturated carbocycles. The zero-order valence-electron chi connectivity index (χ0n) is 13.6. The van der Waals surface area contributed by atoms with E-state index in [1.54, 1.807) is 0 Å². The molecular weight excluding hydrogens is 310 g/mol. The van der Waals surface area contributed by atoms with Gasteiger partial charge in [-0.1, -0.05) is 41.9 Å². The summed E-state index contributed by atoms with van der Waals surface area (Å²) in [6.07, 6.45) is 1.84. The van der Waals surface area contributed by atoms with Crippen LogP contribution in [-0.2, 0) is 6.54 Å². The van der Waals surface area contributed by atoms with Gasteiger partial charge in [-0.05, 0) is 19.5 Å². The normalized spacial score (nSPS) is 16.4. The number of hydrogen-bond acceptors (Lipinski definition) is 4. The lowest BCUT2D eigenvalue weighted by molar-refractivity contribution is 0.159. The van der Waals surface area contributed by atoms with Crippen molar-refractivity contribution in [2.24, 2.45) is 5.10 Å². The third kappa shape index (κ3) is 3.92. The predicted molar refractivity (Wildman–Crippen MR) is 94.2 cm³/mol. The summed E-state index contributed by atoms with van der Waals surface area (Å²) in [5.41, 5.74) is 2.99. The molecule has 23 heavy (non-hydrogen) atoms. The van der Waals surface area contributed by atoms with Crippen molar-refractivity contribution in [3.8, 4) is 0 Å². The molecule has 1 saturated heterocycles. The lowest BCUT2D eigenvalue weighted by Crippen LogP contribution is -2.41. The van der Waals surface area contributed by atoms with Crippen molar-refractivity contribution in [2.45, 2.75) is 13.5 Å². The van der Waals surface area contributed by atoms with Gasteiger partial charge < -0.3 is 4.90 Å². The van der Waals surface area contributed by atoms with Crippen LogP contribution in [0.5, 0.6) is 0 Å². The van der Waals surface area contributed by atoms with Gasteiger partial charge in [-0.2, -0.15) is 10.2 Å². The molecule has 2 heterocycles. The minimum atomic E-state index is 0.643. The van der Waals surface area contributed by atoms with Crippen molar-refractivity contribution in [3.05, 3.63) is 52.3 Å². The average molecular weight is 332 g/mol. The zero-order valence-corrected chi connectivity index (χ0v) is 14.4. The van der Waals surface area contributed by atoms with Crippen LogP contribution in [0.4, 0.5) is 0 Å². The van der Waals surface area contributed by atoms with Crippen molar-refractivity contribution in [1.82, 2.24) is 19.7 Å². The quantitative estimate of drug-likeness (QED) is 0.808. The first-order valence-corrected chi connectivity index (χ1v) is 8.25. The van der Waals surface area contributed by atoms with Crippen LogP contribution in [0.15, 0.2) is 35.4 Å². The summed E-state index contributed by atoms with van der Waals surface area (Å²) in [5.74, 6) is 0. The van der Waals surface area contributed by atoms with Crippen molar-refractivity contribution in [3.63, 3.8) is 0 Å². The van der Waals surface area contributed by atoms with Gasteiger partial charge in [-0.3, -0.25) is 5.01 Å². The first-order chi connectivity index (χ1) is 11.1. The van der Waals surface area contributed by atoms with Crippen LogP contribution in [0.3, 0.4) is 0 Å². The Morgan fingerprint density at radius 2 is 1.87 bits per heavy atom. The smallest absolute Gasteiger partial charge is 0.136 e. The number of hydrogen-bond donors (Lipinski definition) is 0. The Labute approximate surface area is 142 Å². The van der Waals surface area contributed by atoms with Crippen molar-refractivity contribution >= 4 is 17.8 Å². The predicted octanol–water partition coefficient (Wildman–Crippen LogP) is 2.47. The highest BCUT2D eigenvalue weighted by molar-refractivity contribution is 6.32. The molecule has 122 valence electrons. The molecule has 0 spiro atoms. The van der Waals surface area contributed by atoms with Crippen LogP contribution in [0.1, 0.15) is 16.8 Å². The third-order valence-corrected chi connectivity index (χ3v) is 4.51. The first kappa shape index (κ1) is 16.0. The van der Waals surface area contributed by atoms with Gasteiger partial charge in [-0.15, -0.1) is 0 Å². The SMILES string of the molecule is Cc1nn(Cc2ccccc2)c(Cl)c1/C=N/N1CCN(C)CC1. The number of benzene rings is 1. The van der Waals surface area contributed by atoms with Gasteiger partial charge in [0.2, 0.25) is 0 Å². The molecule has 1 aliphatic heterocycles. The second-order valence-electron chi connectivity index (χ2n) is 5.93. The molecule has 1 fully saturated rings. The molecule has 1 aromatic heterocycles. The molecule has 1 aromatic carbocycles. The van der Waals surface area contributed by atoms with Crippen molar-refractivity contribution < 1.29 is 0 Å². The lowest BCUT2D eigenvalue weighted by atomic mass is 10.2. The highest BCUT2D eigenvalue weighted by atomic mass is 35.5. The summed E-state index contributed by atoms with van der Waals surface area (Å²) in [7, 11) is 2.13. The molecule has 5 nitrogen and oxygen atoms in total. The van der Waals surface area contributed by atoms with E-state index in [1.165, 1.54) is 5.56 Å². The molecule has 0 unspecified atom stereocenters. The van der Waals surface area contributed by atoms with Gasteiger partial charge in [0.15, 0.2) is 0 Å². The molecule has 3 rings (SSSR count).